The first-order valence-corrected chi connectivity index (χ1v) is 7.30. The number of benzene rings is 1. The lowest BCUT2D eigenvalue weighted by Gasteiger charge is -2.07. The number of hydrogen-bond acceptors (Lipinski definition) is 4. The molecule has 0 unspecified atom stereocenters. The molecular weight excluding hydrogens is 259 g/mol. The molecule has 0 amide bonds. The van der Waals surface area contributed by atoms with E-state index in [-0.39, 0.29) is 29.5 Å². The van der Waals surface area contributed by atoms with Gasteiger partial charge in [-0.15, -0.1) is 0 Å². The van der Waals surface area contributed by atoms with Crippen molar-refractivity contribution in [1.82, 2.24) is 0 Å². The molecule has 1 rings (SSSR count). The van der Waals surface area contributed by atoms with Crippen LogP contribution in [0.5, 0.6) is 5.75 Å². The maximum atomic E-state index is 13.5. The molecule has 0 saturated carbocycles. The monoisotopic (exact) mass is 274 g/mol. The van der Waals surface area contributed by atoms with Gasteiger partial charge < -0.3 is 10.5 Å². The Hall–Kier alpha value is -1.63. The van der Waals surface area contributed by atoms with Crippen LogP contribution in [0.4, 0.5) is 4.39 Å². The Labute approximate surface area is 105 Å². The summed E-state index contributed by atoms with van der Waals surface area (Å²) in [6.45, 7) is 0.114. The third-order valence-corrected chi connectivity index (χ3v) is 3.19. The molecule has 100 valence electrons. The predicted octanol–water partition coefficient (Wildman–Crippen LogP) is 0.923. The molecule has 0 fully saturated rings. The minimum atomic E-state index is -3.03. The molecule has 18 heavy (non-hydrogen) atoms. The highest BCUT2D eigenvalue weighted by atomic mass is 32.2. The third kappa shape index (κ3) is 4.70. The molecule has 0 saturated heterocycles. The lowest BCUT2D eigenvalue weighted by atomic mass is 10.2. The van der Waals surface area contributed by atoms with E-state index in [1.165, 1.54) is 12.1 Å². The SMILES string of the molecule is CS(=O)(=O)CCCOc1ccc(C(=N)N)cc1F. The molecule has 0 radical (unpaired) electrons. The molecule has 7 heteroatoms. The Balaban J connectivity index is 2.56. The number of ether oxygens (including phenoxy) is 1. The van der Waals surface area contributed by atoms with E-state index in [0.29, 0.717) is 6.42 Å². The summed E-state index contributed by atoms with van der Waals surface area (Å²) in [4.78, 5) is 0. The summed E-state index contributed by atoms with van der Waals surface area (Å²) in [6, 6.07) is 3.94. The summed E-state index contributed by atoms with van der Waals surface area (Å²) in [5, 5.41) is 7.14. The number of sulfone groups is 1. The van der Waals surface area contributed by atoms with Crippen molar-refractivity contribution in [2.24, 2.45) is 5.73 Å². The lowest BCUT2D eigenvalue weighted by molar-refractivity contribution is 0.301. The van der Waals surface area contributed by atoms with E-state index in [1.54, 1.807) is 0 Å². The third-order valence-electron chi connectivity index (χ3n) is 2.16. The summed E-state index contributed by atoms with van der Waals surface area (Å²) in [5.41, 5.74) is 5.49. The van der Waals surface area contributed by atoms with E-state index >= 15 is 0 Å². The summed E-state index contributed by atoms with van der Waals surface area (Å²) >= 11 is 0. The van der Waals surface area contributed by atoms with Crippen LogP contribution in [0.2, 0.25) is 0 Å². The van der Waals surface area contributed by atoms with Crippen LogP contribution >= 0.6 is 0 Å². The van der Waals surface area contributed by atoms with E-state index < -0.39 is 15.7 Å². The van der Waals surface area contributed by atoms with Crippen molar-refractivity contribution in [3.63, 3.8) is 0 Å². The summed E-state index contributed by atoms with van der Waals surface area (Å²) in [7, 11) is -3.03. The van der Waals surface area contributed by atoms with E-state index in [0.717, 1.165) is 12.3 Å². The fraction of sp³-hybridized carbons (Fsp3) is 0.364. The fourth-order valence-corrected chi connectivity index (χ4v) is 1.93. The highest BCUT2D eigenvalue weighted by Gasteiger charge is 2.07. The fourth-order valence-electron chi connectivity index (χ4n) is 1.29. The molecule has 0 aliphatic carbocycles. The average molecular weight is 274 g/mol. The van der Waals surface area contributed by atoms with E-state index in [4.69, 9.17) is 15.9 Å². The highest BCUT2D eigenvalue weighted by molar-refractivity contribution is 7.90. The zero-order valence-corrected chi connectivity index (χ0v) is 10.8. The quantitative estimate of drug-likeness (QED) is 0.458. The van der Waals surface area contributed by atoms with Crippen LogP contribution in [-0.4, -0.2) is 32.9 Å². The number of nitrogen functional groups attached to an aromatic ring is 1. The van der Waals surface area contributed by atoms with Gasteiger partial charge in [-0.3, -0.25) is 5.41 Å². The van der Waals surface area contributed by atoms with Crippen molar-refractivity contribution in [2.45, 2.75) is 6.42 Å². The van der Waals surface area contributed by atoms with Gasteiger partial charge in [-0.2, -0.15) is 0 Å². The van der Waals surface area contributed by atoms with Gasteiger partial charge in [-0.25, -0.2) is 12.8 Å². The second-order valence-corrected chi connectivity index (χ2v) is 6.15. The smallest absolute Gasteiger partial charge is 0.165 e. The first-order chi connectivity index (χ1) is 8.29. The second-order valence-electron chi connectivity index (χ2n) is 3.89. The minimum absolute atomic E-state index is 0.000147. The largest absolute Gasteiger partial charge is 0.490 e. The van der Waals surface area contributed by atoms with Crippen LogP contribution in [0.1, 0.15) is 12.0 Å². The molecule has 0 aromatic heterocycles. The van der Waals surface area contributed by atoms with E-state index in [1.807, 2.05) is 0 Å². The zero-order valence-electron chi connectivity index (χ0n) is 9.94. The molecule has 1 aromatic carbocycles. The molecule has 0 atom stereocenters. The van der Waals surface area contributed by atoms with Gasteiger partial charge in [0.25, 0.3) is 0 Å². The summed E-state index contributed by atoms with van der Waals surface area (Å²) < 4.78 is 40.3. The highest BCUT2D eigenvalue weighted by Crippen LogP contribution is 2.18. The van der Waals surface area contributed by atoms with Crippen LogP contribution in [0, 0.1) is 11.2 Å². The number of hydrogen-bond donors (Lipinski definition) is 2. The van der Waals surface area contributed by atoms with E-state index in [9.17, 15) is 12.8 Å². The maximum Gasteiger partial charge on any atom is 0.165 e. The van der Waals surface area contributed by atoms with Gasteiger partial charge >= 0.3 is 0 Å². The molecular formula is C11H15FN2O3S. The van der Waals surface area contributed by atoms with Gasteiger partial charge in [0.15, 0.2) is 11.6 Å². The van der Waals surface area contributed by atoms with Crippen LogP contribution in [0.15, 0.2) is 18.2 Å². The van der Waals surface area contributed by atoms with Crippen molar-refractivity contribution in [3.05, 3.63) is 29.6 Å². The maximum absolute atomic E-state index is 13.5. The van der Waals surface area contributed by atoms with Gasteiger partial charge in [0.2, 0.25) is 0 Å². The molecule has 0 spiro atoms. The first kappa shape index (κ1) is 14.4. The Kier molecular flexibility index (Phi) is 4.66. The first-order valence-electron chi connectivity index (χ1n) is 5.24. The molecule has 0 heterocycles. The van der Waals surface area contributed by atoms with Crippen LogP contribution in [0.25, 0.3) is 0 Å². The van der Waals surface area contributed by atoms with Crippen LogP contribution in [0.3, 0.4) is 0 Å². The molecule has 3 N–H and O–H groups in total. The zero-order chi connectivity index (χ0) is 13.8. The topological polar surface area (TPSA) is 93.2 Å². The molecule has 0 bridgehead atoms. The van der Waals surface area contributed by atoms with Crippen molar-refractivity contribution in [1.29, 1.82) is 5.41 Å². The minimum Gasteiger partial charge on any atom is -0.490 e. The number of halogens is 1. The van der Waals surface area contributed by atoms with Crippen molar-refractivity contribution < 1.29 is 17.5 Å². The molecule has 0 aliphatic heterocycles. The Morgan fingerprint density at radius 3 is 2.67 bits per heavy atom. The number of rotatable bonds is 6. The van der Waals surface area contributed by atoms with E-state index in [2.05, 4.69) is 0 Å². The Morgan fingerprint density at radius 1 is 1.50 bits per heavy atom. The molecule has 5 nitrogen and oxygen atoms in total. The lowest BCUT2D eigenvalue weighted by Crippen LogP contribution is -2.12. The Bertz CT molecular complexity index is 543. The van der Waals surface area contributed by atoms with Crippen molar-refractivity contribution in [3.8, 4) is 5.75 Å². The van der Waals surface area contributed by atoms with Crippen molar-refractivity contribution >= 4 is 15.7 Å². The molecule has 1 aromatic rings. The normalized spacial score (nSPS) is 11.2. The summed E-state index contributed by atoms with van der Waals surface area (Å²) in [5.74, 6) is -0.826. The number of nitrogens with one attached hydrogen (secondary N) is 1. The van der Waals surface area contributed by atoms with Gasteiger partial charge in [-0.05, 0) is 24.6 Å². The predicted molar refractivity (Wildman–Crippen MR) is 67.2 cm³/mol. The standard InChI is InChI=1S/C11H15FN2O3S/c1-18(15,16)6-2-5-17-10-4-3-8(11(13)14)7-9(10)12/h3-4,7H,2,5-6H2,1H3,(H3,13,14). The Morgan fingerprint density at radius 2 is 2.17 bits per heavy atom. The van der Waals surface area contributed by atoms with Gasteiger partial charge in [0, 0.05) is 11.8 Å². The van der Waals surface area contributed by atoms with Gasteiger partial charge in [-0.1, -0.05) is 0 Å². The van der Waals surface area contributed by atoms with Crippen LogP contribution < -0.4 is 10.5 Å². The number of amidine groups is 1. The molecule has 0 aliphatic rings. The average Bonchev–Trinajstić information content (AvgIpc) is 2.24. The second kappa shape index (κ2) is 5.81. The van der Waals surface area contributed by atoms with Crippen LogP contribution in [-0.2, 0) is 9.84 Å². The van der Waals surface area contributed by atoms with Gasteiger partial charge in [0.05, 0.1) is 12.4 Å². The van der Waals surface area contributed by atoms with Gasteiger partial charge in [0.1, 0.15) is 15.7 Å². The summed E-state index contributed by atoms with van der Waals surface area (Å²) in [6.07, 6.45) is 1.43. The number of nitrogens with two attached hydrogens (primary N) is 1. The van der Waals surface area contributed by atoms with Crippen molar-refractivity contribution in [2.75, 3.05) is 18.6 Å².